The van der Waals surface area contributed by atoms with Crippen molar-refractivity contribution in [1.29, 1.82) is 0 Å². The smallest absolute Gasteiger partial charge is 0.0547 e. The second-order valence-corrected chi connectivity index (χ2v) is 6.16. The van der Waals surface area contributed by atoms with Crippen molar-refractivity contribution in [3.63, 3.8) is 0 Å². The Balaban J connectivity index is 1.86. The summed E-state index contributed by atoms with van der Waals surface area (Å²) in [4.78, 5) is 7.11. The van der Waals surface area contributed by atoms with E-state index in [1.54, 1.807) is 0 Å². The van der Waals surface area contributed by atoms with Crippen LogP contribution in [-0.2, 0) is 6.54 Å². The lowest BCUT2D eigenvalue weighted by Crippen LogP contribution is -2.42. The van der Waals surface area contributed by atoms with Gasteiger partial charge in [0, 0.05) is 24.3 Å². The summed E-state index contributed by atoms with van der Waals surface area (Å²) in [7, 11) is 2.25. The average molecular weight is 275 g/mol. The predicted octanol–water partition coefficient (Wildman–Crippen LogP) is 3.13. The molecule has 0 radical (unpaired) electrons. The molecule has 1 aliphatic rings. The Bertz CT molecular complexity index is 405. The Labute approximate surface area is 123 Å². The molecule has 1 aromatic heterocycles. The number of pyridine rings is 1. The highest BCUT2D eigenvalue weighted by Gasteiger charge is 2.24. The third-order valence-electron chi connectivity index (χ3n) is 4.31. The Kier molecular flexibility index (Phi) is 5.99. The van der Waals surface area contributed by atoms with Gasteiger partial charge in [0.25, 0.3) is 0 Å². The normalized spacial score (nSPS) is 23.2. The van der Waals surface area contributed by atoms with Gasteiger partial charge in [-0.1, -0.05) is 19.4 Å². The average Bonchev–Trinajstić information content (AvgIpc) is 2.45. The summed E-state index contributed by atoms with van der Waals surface area (Å²) < 4.78 is 0. The fourth-order valence-electron chi connectivity index (χ4n) is 3.17. The van der Waals surface area contributed by atoms with Crippen LogP contribution in [0.1, 0.15) is 50.4 Å². The molecule has 0 aromatic carbocycles. The maximum absolute atomic E-state index is 4.62. The van der Waals surface area contributed by atoms with Crippen LogP contribution in [0.2, 0.25) is 0 Å². The first-order chi connectivity index (χ1) is 9.69. The summed E-state index contributed by atoms with van der Waals surface area (Å²) >= 11 is 0. The zero-order valence-corrected chi connectivity index (χ0v) is 13.2. The third kappa shape index (κ3) is 4.57. The lowest BCUT2D eigenvalue weighted by molar-refractivity contribution is 0.161. The summed E-state index contributed by atoms with van der Waals surface area (Å²) in [6.07, 6.45) is 6.52. The number of hydrogen-bond donors (Lipinski definition) is 1. The first kappa shape index (κ1) is 15.5. The molecule has 2 unspecified atom stereocenters. The largest absolute Gasteiger partial charge is 0.314 e. The van der Waals surface area contributed by atoms with Gasteiger partial charge in [0.15, 0.2) is 0 Å². The lowest BCUT2D eigenvalue weighted by Gasteiger charge is -2.35. The van der Waals surface area contributed by atoms with Crippen LogP contribution in [0.25, 0.3) is 0 Å². The van der Waals surface area contributed by atoms with E-state index in [1.807, 2.05) is 0 Å². The van der Waals surface area contributed by atoms with Crippen LogP contribution in [0.3, 0.4) is 0 Å². The first-order valence-corrected chi connectivity index (χ1v) is 8.05. The third-order valence-corrected chi connectivity index (χ3v) is 4.31. The quantitative estimate of drug-likeness (QED) is 0.864. The zero-order valence-electron chi connectivity index (χ0n) is 13.2. The van der Waals surface area contributed by atoms with E-state index >= 15 is 0 Å². The Morgan fingerprint density at radius 2 is 2.20 bits per heavy atom. The molecule has 1 heterocycles. The molecule has 1 N–H and O–H groups in total. The van der Waals surface area contributed by atoms with Gasteiger partial charge in [-0.05, 0) is 58.3 Å². The second kappa shape index (κ2) is 7.75. The molecule has 0 saturated heterocycles. The van der Waals surface area contributed by atoms with Crippen LogP contribution in [-0.4, -0.2) is 35.6 Å². The molecule has 0 spiro atoms. The SMILES string of the molecule is CCCNC1CCCC(N(C)Cc2cccc(C)n2)C1. The zero-order chi connectivity index (χ0) is 14.4. The van der Waals surface area contributed by atoms with Gasteiger partial charge in [0.1, 0.15) is 0 Å². The van der Waals surface area contributed by atoms with Gasteiger partial charge in [0.2, 0.25) is 0 Å². The highest BCUT2D eigenvalue weighted by atomic mass is 15.1. The van der Waals surface area contributed by atoms with Crippen LogP contribution in [0.4, 0.5) is 0 Å². The molecule has 3 nitrogen and oxygen atoms in total. The number of hydrogen-bond acceptors (Lipinski definition) is 3. The van der Waals surface area contributed by atoms with Crippen LogP contribution in [0.5, 0.6) is 0 Å². The van der Waals surface area contributed by atoms with E-state index < -0.39 is 0 Å². The van der Waals surface area contributed by atoms with Crippen molar-refractivity contribution in [2.45, 2.75) is 64.6 Å². The minimum absolute atomic E-state index is 0.695. The van der Waals surface area contributed by atoms with Crippen molar-refractivity contribution in [3.8, 4) is 0 Å². The van der Waals surface area contributed by atoms with Crippen LogP contribution in [0.15, 0.2) is 18.2 Å². The van der Waals surface area contributed by atoms with Gasteiger partial charge in [0.05, 0.1) is 5.69 Å². The molecule has 20 heavy (non-hydrogen) atoms. The topological polar surface area (TPSA) is 28.2 Å². The molecule has 112 valence electrons. The summed E-state index contributed by atoms with van der Waals surface area (Å²) in [5.41, 5.74) is 2.30. The summed E-state index contributed by atoms with van der Waals surface area (Å²) in [5.74, 6) is 0. The highest BCUT2D eigenvalue weighted by Crippen LogP contribution is 2.23. The van der Waals surface area contributed by atoms with E-state index in [0.717, 1.165) is 18.8 Å². The minimum Gasteiger partial charge on any atom is -0.314 e. The Morgan fingerprint density at radius 1 is 1.35 bits per heavy atom. The fourth-order valence-corrected chi connectivity index (χ4v) is 3.17. The Morgan fingerprint density at radius 3 is 2.95 bits per heavy atom. The predicted molar refractivity (Wildman–Crippen MR) is 84.8 cm³/mol. The molecule has 3 heteroatoms. The molecule has 2 atom stereocenters. The number of rotatable bonds is 6. The summed E-state index contributed by atoms with van der Waals surface area (Å²) in [6, 6.07) is 7.72. The maximum Gasteiger partial charge on any atom is 0.0547 e. The molecule has 1 aliphatic carbocycles. The van der Waals surface area contributed by atoms with Crippen molar-refractivity contribution in [1.82, 2.24) is 15.2 Å². The number of aromatic nitrogens is 1. The van der Waals surface area contributed by atoms with Crippen molar-refractivity contribution in [3.05, 3.63) is 29.6 Å². The molecule has 1 fully saturated rings. The lowest BCUT2D eigenvalue weighted by atomic mass is 9.90. The monoisotopic (exact) mass is 275 g/mol. The fraction of sp³-hybridized carbons (Fsp3) is 0.706. The van der Waals surface area contributed by atoms with E-state index in [2.05, 4.69) is 54.3 Å². The van der Waals surface area contributed by atoms with Crippen LogP contribution < -0.4 is 5.32 Å². The second-order valence-electron chi connectivity index (χ2n) is 6.16. The molecule has 1 aromatic rings. The van der Waals surface area contributed by atoms with Crippen molar-refractivity contribution < 1.29 is 0 Å². The van der Waals surface area contributed by atoms with Gasteiger partial charge in [-0.15, -0.1) is 0 Å². The van der Waals surface area contributed by atoms with E-state index in [-0.39, 0.29) is 0 Å². The van der Waals surface area contributed by atoms with Crippen molar-refractivity contribution >= 4 is 0 Å². The molecule has 0 amide bonds. The van der Waals surface area contributed by atoms with Crippen LogP contribution in [0, 0.1) is 6.92 Å². The standard InChI is InChI=1S/C17H29N3/c1-4-11-18-15-8-6-10-17(12-15)20(3)13-16-9-5-7-14(2)19-16/h5,7,9,15,17-18H,4,6,8,10-13H2,1-3H3. The van der Waals surface area contributed by atoms with E-state index in [9.17, 15) is 0 Å². The molecular weight excluding hydrogens is 246 g/mol. The maximum atomic E-state index is 4.62. The first-order valence-electron chi connectivity index (χ1n) is 8.05. The van der Waals surface area contributed by atoms with Crippen molar-refractivity contribution in [2.75, 3.05) is 13.6 Å². The van der Waals surface area contributed by atoms with E-state index in [1.165, 1.54) is 37.8 Å². The molecular formula is C17H29N3. The van der Waals surface area contributed by atoms with Crippen LogP contribution >= 0.6 is 0 Å². The molecule has 0 bridgehead atoms. The van der Waals surface area contributed by atoms with Gasteiger partial charge < -0.3 is 5.32 Å². The molecule has 1 saturated carbocycles. The summed E-state index contributed by atoms with van der Waals surface area (Å²) in [6.45, 7) is 6.42. The number of nitrogens with one attached hydrogen (secondary N) is 1. The van der Waals surface area contributed by atoms with Gasteiger partial charge in [-0.3, -0.25) is 9.88 Å². The number of nitrogens with zero attached hydrogens (tertiary/aromatic N) is 2. The van der Waals surface area contributed by atoms with Gasteiger partial charge in [-0.2, -0.15) is 0 Å². The van der Waals surface area contributed by atoms with Crippen molar-refractivity contribution in [2.24, 2.45) is 0 Å². The molecule has 2 rings (SSSR count). The minimum atomic E-state index is 0.695. The van der Waals surface area contributed by atoms with Gasteiger partial charge in [-0.25, -0.2) is 0 Å². The Hall–Kier alpha value is -0.930. The van der Waals surface area contributed by atoms with E-state index in [0.29, 0.717) is 12.1 Å². The molecule has 0 aliphatic heterocycles. The van der Waals surface area contributed by atoms with Gasteiger partial charge >= 0.3 is 0 Å². The highest BCUT2D eigenvalue weighted by molar-refractivity contribution is 5.09. The van der Waals surface area contributed by atoms with E-state index in [4.69, 9.17) is 0 Å². The number of aryl methyl sites for hydroxylation is 1. The summed E-state index contributed by atoms with van der Waals surface area (Å²) in [5, 5.41) is 3.69.